The standard InChI is InChI=1S/C36H38BF3O/c1-2-3-4-5-24-6-8-25(9-7-24)26-10-14-28(15-11-26)31-19-18-30(22-33(31)38)27-12-16-29(17-13-27)32-20-21-34(41-23-37)36(40)35(32)39/h2-3,12-14,16-22,24-26H,4-11,15,23H2,1H3/b3-2+. The van der Waals surface area contributed by atoms with Gasteiger partial charge >= 0.3 is 0 Å². The third-order valence-corrected chi connectivity index (χ3v) is 9.12. The maximum atomic E-state index is 15.3. The minimum Gasteiger partial charge on any atom is -0.500 e. The second-order valence-corrected chi connectivity index (χ2v) is 11.5. The molecule has 41 heavy (non-hydrogen) atoms. The van der Waals surface area contributed by atoms with Crippen LogP contribution in [0.5, 0.6) is 5.75 Å². The molecule has 0 saturated heterocycles. The van der Waals surface area contributed by atoms with E-state index in [9.17, 15) is 8.78 Å². The van der Waals surface area contributed by atoms with Gasteiger partial charge in [0.15, 0.2) is 11.6 Å². The largest absolute Gasteiger partial charge is 0.500 e. The predicted molar refractivity (Wildman–Crippen MR) is 163 cm³/mol. The summed E-state index contributed by atoms with van der Waals surface area (Å²) >= 11 is 0. The van der Waals surface area contributed by atoms with Crippen LogP contribution in [0.25, 0.3) is 27.8 Å². The first-order valence-electron chi connectivity index (χ1n) is 15.0. The Morgan fingerprint density at radius 3 is 2.17 bits per heavy atom. The minimum absolute atomic E-state index is 0.125. The van der Waals surface area contributed by atoms with Crippen LogP contribution in [0.3, 0.4) is 0 Å². The highest BCUT2D eigenvalue weighted by molar-refractivity contribution is 6.08. The summed E-state index contributed by atoms with van der Waals surface area (Å²) in [5.41, 5.74) is 4.00. The summed E-state index contributed by atoms with van der Waals surface area (Å²) in [6.07, 6.45) is 17.7. The van der Waals surface area contributed by atoms with Crippen molar-refractivity contribution in [2.45, 2.75) is 64.7 Å². The zero-order valence-corrected chi connectivity index (χ0v) is 23.9. The molecule has 0 amide bonds. The molecule has 1 fully saturated rings. The Balaban J connectivity index is 1.21. The van der Waals surface area contributed by atoms with Crippen molar-refractivity contribution in [3.05, 3.63) is 95.8 Å². The Labute approximate surface area is 243 Å². The van der Waals surface area contributed by atoms with E-state index in [1.807, 2.05) is 12.1 Å². The van der Waals surface area contributed by atoms with E-state index in [4.69, 9.17) is 12.6 Å². The average Bonchev–Trinajstić information content (AvgIpc) is 3.00. The highest BCUT2D eigenvalue weighted by atomic mass is 19.2. The van der Waals surface area contributed by atoms with Crippen molar-refractivity contribution in [1.29, 1.82) is 0 Å². The molecule has 5 rings (SSSR count). The Kier molecular flexibility index (Phi) is 9.74. The third kappa shape index (κ3) is 6.82. The van der Waals surface area contributed by atoms with Crippen molar-refractivity contribution in [3.8, 4) is 28.0 Å². The van der Waals surface area contributed by atoms with Gasteiger partial charge in [-0.25, -0.2) is 8.78 Å². The second kappa shape index (κ2) is 13.6. The Bertz CT molecular complexity index is 1390. The lowest BCUT2D eigenvalue weighted by molar-refractivity contribution is 0.190. The van der Waals surface area contributed by atoms with Crippen LogP contribution in [0.2, 0.25) is 0 Å². The number of halogens is 3. The smallest absolute Gasteiger partial charge is 0.201 e. The van der Waals surface area contributed by atoms with Crippen LogP contribution in [0.1, 0.15) is 70.3 Å². The van der Waals surface area contributed by atoms with Gasteiger partial charge in [-0.3, -0.25) is 0 Å². The lowest BCUT2D eigenvalue weighted by Gasteiger charge is -2.35. The molecule has 0 aliphatic heterocycles. The SMILES string of the molecule is [B]COc1ccc(-c2ccc(-c3ccc(C4=CCC(C5CCC(CC/C=C/C)CC5)CC4)c(F)c3)cc2)c(F)c1F. The summed E-state index contributed by atoms with van der Waals surface area (Å²) in [4.78, 5) is 0. The molecule has 3 aromatic rings. The van der Waals surface area contributed by atoms with Crippen molar-refractivity contribution < 1.29 is 17.9 Å². The fraction of sp³-hybridized carbons (Fsp3) is 0.389. The first kappa shape index (κ1) is 29.3. The molecule has 0 bridgehead atoms. The normalized spacial score (nSPS) is 21.2. The second-order valence-electron chi connectivity index (χ2n) is 11.5. The van der Waals surface area contributed by atoms with Crippen molar-refractivity contribution in [3.63, 3.8) is 0 Å². The molecule has 0 aromatic heterocycles. The Morgan fingerprint density at radius 1 is 0.805 bits per heavy atom. The molecular weight excluding hydrogens is 516 g/mol. The number of hydrogen-bond donors (Lipinski definition) is 0. The van der Waals surface area contributed by atoms with Crippen molar-refractivity contribution >= 4 is 13.4 Å². The van der Waals surface area contributed by atoms with Crippen LogP contribution < -0.4 is 4.74 Å². The number of allylic oxidation sites excluding steroid dienone is 4. The molecule has 0 heterocycles. The summed E-state index contributed by atoms with van der Waals surface area (Å²) in [5, 5.41) is 0. The molecule has 2 aliphatic rings. The van der Waals surface area contributed by atoms with Gasteiger partial charge in [0.1, 0.15) is 13.7 Å². The lowest BCUT2D eigenvalue weighted by Crippen LogP contribution is -2.23. The van der Waals surface area contributed by atoms with Crippen molar-refractivity contribution in [2.24, 2.45) is 17.8 Å². The summed E-state index contributed by atoms with van der Waals surface area (Å²) in [5.74, 6) is -0.0875. The third-order valence-electron chi connectivity index (χ3n) is 9.12. The van der Waals surface area contributed by atoms with Gasteiger partial charge < -0.3 is 4.74 Å². The van der Waals surface area contributed by atoms with E-state index in [2.05, 4.69) is 25.2 Å². The zero-order valence-electron chi connectivity index (χ0n) is 23.9. The fourth-order valence-corrected chi connectivity index (χ4v) is 6.73. The molecule has 2 aliphatic carbocycles. The van der Waals surface area contributed by atoms with Crippen LogP contribution >= 0.6 is 0 Å². The molecule has 5 heteroatoms. The maximum Gasteiger partial charge on any atom is 0.201 e. The van der Waals surface area contributed by atoms with Gasteiger partial charge in [0.2, 0.25) is 5.82 Å². The molecule has 1 saturated carbocycles. The molecule has 1 unspecified atom stereocenters. The molecule has 0 spiro atoms. The predicted octanol–water partition coefficient (Wildman–Crippen LogP) is 10.3. The van der Waals surface area contributed by atoms with Gasteiger partial charge in [-0.1, -0.05) is 67.5 Å². The highest BCUT2D eigenvalue weighted by Gasteiger charge is 2.29. The lowest BCUT2D eigenvalue weighted by atomic mass is 9.70. The molecule has 212 valence electrons. The van der Waals surface area contributed by atoms with Gasteiger partial charge in [0, 0.05) is 17.6 Å². The van der Waals surface area contributed by atoms with Gasteiger partial charge in [0.05, 0.1) is 0 Å². The zero-order chi connectivity index (χ0) is 28.8. The van der Waals surface area contributed by atoms with Crippen LogP contribution in [-0.2, 0) is 0 Å². The Morgan fingerprint density at radius 2 is 1.51 bits per heavy atom. The van der Waals surface area contributed by atoms with Crippen molar-refractivity contribution in [2.75, 3.05) is 6.51 Å². The van der Waals surface area contributed by atoms with Crippen LogP contribution in [0, 0.1) is 35.2 Å². The first-order chi connectivity index (χ1) is 20.0. The van der Waals surface area contributed by atoms with Crippen LogP contribution in [0.4, 0.5) is 13.2 Å². The molecular formula is C36H38BF3O. The van der Waals surface area contributed by atoms with Crippen LogP contribution in [-0.4, -0.2) is 14.4 Å². The summed E-state index contributed by atoms with van der Waals surface area (Å²) < 4.78 is 49.2. The fourth-order valence-electron chi connectivity index (χ4n) is 6.73. The van der Waals surface area contributed by atoms with Crippen molar-refractivity contribution in [1.82, 2.24) is 0 Å². The van der Waals surface area contributed by atoms with Gasteiger partial charge in [-0.05, 0) is 110 Å². The number of ether oxygens (including phenoxy) is 1. The first-order valence-corrected chi connectivity index (χ1v) is 15.0. The molecule has 0 N–H and O–H groups in total. The van der Waals surface area contributed by atoms with Gasteiger partial charge in [-0.15, -0.1) is 0 Å². The molecule has 3 aromatic carbocycles. The Hall–Kier alpha value is -3.21. The number of benzene rings is 3. The molecule has 1 nitrogen and oxygen atoms in total. The van der Waals surface area contributed by atoms with E-state index in [1.54, 1.807) is 30.3 Å². The monoisotopic (exact) mass is 554 g/mol. The minimum atomic E-state index is -1.07. The van der Waals surface area contributed by atoms with E-state index in [1.165, 1.54) is 50.7 Å². The molecule has 2 radical (unpaired) electrons. The summed E-state index contributed by atoms with van der Waals surface area (Å²) in [6.45, 7) is 1.86. The van der Waals surface area contributed by atoms with E-state index < -0.39 is 11.6 Å². The summed E-state index contributed by atoms with van der Waals surface area (Å²) in [6, 6.07) is 15.2. The van der Waals surface area contributed by atoms with E-state index >= 15 is 4.39 Å². The maximum absolute atomic E-state index is 15.3. The number of rotatable bonds is 9. The number of hydrogen-bond acceptors (Lipinski definition) is 1. The topological polar surface area (TPSA) is 9.23 Å². The highest BCUT2D eigenvalue weighted by Crippen LogP contribution is 2.42. The van der Waals surface area contributed by atoms with E-state index in [0.29, 0.717) is 11.1 Å². The summed E-state index contributed by atoms with van der Waals surface area (Å²) in [7, 11) is 5.27. The quantitative estimate of drug-likeness (QED) is 0.189. The average molecular weight is 555 g/mol. The van der Waals surface area contributed by atoms with E-state index in [0.717, 1.165) is 53.7 Å². The van der Waals surface area contributed by atoms with Gasteiger partial charge in [-0.2, -0.15) is 4.39 Å². The van der Waals surface area contributed by atoms with Crippen LogP contribution in [0.15, 0.2) is 72.8 Å². The van der Waals surface area contributed by atoms with Gasteiger partial charge in [0.25, 0.3) is 0 Å². The molecule has 1 atom stereocenters. The van der Waals surface area contributed by atoms with E-state index in [-0.39, 0.29) is 23.6 Å².